The van der Waals surface area contributed by atoms with Gasteiger partial charge in [0.15, 0.2) is 5.82 Å². The summed E-state index contributed by atoms with van der Waals surface area (Å²) in [5.41, 5.74) is 5.00. The molecule has 0 fully saturated rings. The number of aryl methyl sites for hydroxylation is 1. The summed E-state index contributed by atoms with van der Waals surface area (Å²) >= 11 is 7.78. The SMILES string of the molecule is CCCc1nnc2n1NC(c1ccc(OC)c(Cl)c1)C(C(=O)Nc1ccc(OCC)cc1)S2. The van der Waals surface area contributed by atoms with Gasteiger partial charge in [0.2, 0.25) is 11.1 Å². The highest BCUT2D eigenvalue weighted by Crippen LogP contribution is 2.39. The Labute approximate surface area is 202 Å². The van der Waals surface area contributed by atoms with Crippen LogP contribution in [0.25, 0.3) is 0 Å². The lowest BCUT2D eigenvalue weighted by Gasteiger charge is -2.33. The lowest BCUT2D eigenvalue weighted by molar-refractivity contribution is -0.116. The average Bonchev–Trinajstić information content (AvgIpc) is 3.21. The first-order chi connectivity index (χ1) is 16.0. The normalized spacial score (nSPS) is 17.1. The number of carbonyl (C=O) groups excluding carboxylic acids is 1. The van der Waals surface area contributed by atoms with Gasteiger partial charge >= 0.3 is 0 Å². The summed E-state index contributed by atoms with van der Waals surface area (Å²) in [4.78, 5) is 13.4. The zero-order valence-corrected chi connectivity index (χ0v) is 20.2. The fourth-order valence-corrected chi connectivity index (χ4v) is 4.99. The van der Waals surface area contributed by atoms with Gasteiger partial charge in [-0.3, -0.25) is 4.79 Å². The summed E-state index contributed by atoms with van der Waals surface area (Å²) in [6.45, 7) is 4.60. The maximum Gasteiger partial charge on any atom is 0.240 e. The van der Waals surface area contributed by atoms with E-state index in [0.717, 1.165) is 30.0 Å². The van der Waals surface area contributed by atoms with Gasteiger partial charge in [-0.25, -0.2) is 4.68 Å². The second kappa shape index (κ2) is 10.4. The molecule has 0 radical (unpaired) electrons. The van der Waals surface area contributed by atoms with Crippen LogP contribution in [0.5, 0.6) is 11.5 Å². The lowest BCUT2D eigenvalue weighted by atomic mass is 10.0. The van der Waals surface area contributed by atoms with E-state index in [2.05, 4.69) is 27.9 Å². The topological polar surface area (TPSA) is 90.3 Å². The molecule has 0 saturated carbocycles. The lowest BCUT2D eigenvalue weighted by Crippen LogP contribution is -2.41. The number of nitrogens with one attached hydrogen (secondary N) is 2. The Balaban J connectivity index is 1.63. The van der Waals surface area contributed by atoms with Crippen LogP contribution in [0.15, 0.2) is 47.6 Å². The van der Waals surface area contributed by atoms with Crippen molar-refractivity contribution in [2.45, 2.75) is 43.1 Å². The third-order valence-electron chi connectivity index (χ3n) is 5.20. The first-order valence-corrected chi connectivity index (χ1v) is 12.0. The van der Waals surface area contributed by atoms with Gasteiger partial charge in [0.25, 0.3) is 0 Å². The quantitative estimate of drug-likeness (QED) is 0.476. The highest BCUT2D eigenvalue weighted by molar-refractivity contribution is 8.00. The third-order valence-corrected chi connectivity index (χ3v) is 6.71. The van der Waals surface area contributed by atoms with Crippen molar-refractivity contribution in [3.63, 3.8) is 0 Å². The Morgan fingerprint density at radius 1 is 1.21 bits per heavy atom. The van der Waals surface area contributed by atoms with Crippen molar-refractivity contribution in [1.82, 2.24) is 14.9 Å². The summed E-state index contributed by atoms with van der Waals surface area (Å²) in [6.07, 6.45) is 1.71. The summed E-state index contributed by atoms with van der Waals surface area (Å²) in [5, 5.41) is 12.2. The van der Waals surface area contributed by atoms with E-state index in [9.17, 15) is 4.79 Å². The van der Waals surface area contributed by atoms with Gasteiger partial charge in [-0.15, -0.1) is 10.2 Å². The third kappa shape index (κ3) is 5.04. The van der Waals surface area contributed by atoms with Crippen LogP contribution in [0.1, 0.15) is 37.7 Å². The fraction of sp³-hybridized carbons (Fsp3) is 0.348. The number of fused-ring (bicyclic) bond motifs is 1. The van der Waals surface area contributed by atoms with Gasteiger partial charge in [-0.2, -0.15) is 0 Å². The first kappa shape index (κ1) is 23.3. The second-order valence-electron chi connectivity index (χ2n) is 7.47. The number of benzene rings is 2. The average molecular weight is 488 g/mol. The first-order valence-electron chi connectivity index (χ1n) is 10.8. The van der Waals surface area contributed by atoms with Crippen LogP contribution in [-0.2, 0) is 11.2 Å². The molecule has 2 aromatic carbocycles. The second-order valence-corrected chi connectivity index (χ2v) is 8.99. The van der Waals surface area contributed by atoms with E-state index in [-0.39, 0.29) is 11.9 Å². The van der Waals surface area contributed by atoms with E-state index in [0.29, 0.717) is 28.2 Å². The molecule has 1 aromatic heterocycles. The van der Waals surface area contributed by atoms with Gasteiger partial charge in [0.1, 0.15) is 16.7 Å². The van der Waals surface area contributed by atoms with E-state index >= 15 is 0 Å². The minimum atomic E-state index is -0.507. The van der Waals surface area contributed by atoms with E-state index in [1.165, 1.54) is 11.8 Å². The van der Waals surface area contributed by atoms with Gasteiger partial charge in [-0.05, 0) is 55.3 Å². The number of rotatable bonds is 8. The predicted octanol–water partition coefficient (Wildman–Crippen LogP) is 4.69. The molecule has 33 heavy (non-hydrogen) atoms. The number of methoxy groups -OCH3 is 1. The van der Waals surface area contributed by atoms with Crippen molar-refractivity contribution < 1.29 is 14.3 Å². The number of nitrogens with zero attached hydrogens (tertiary/aromatic N) is 3. The van der Waals surface area contributed by atoms with Crippen molar-refractivity contribution in [1.29, 1.82) is 0 Å². The van der Waals surface area contributed by atoms with Gasteiger partial charge in [0, 0.05) is 12.1 Å². The smallest absolute Gasteiger partial charge is 0.240 e. The van der Waals surface area contributed by atoms with Crippen LogP contribution in [-0.4, -0.2) is 39.7 Å². The predicted molar refractivity (Wildman–Crippen MR) is 130 cm³/mol. The summed E-state index contributed by atoms with van der Waals surface area (Å²) in [6, 6.07) is 12.5. The molecule has 2 atom stereocenters. The van der Waals surface area contributed by atoms with Crippen LogP contribution in [0.4, 0.5) is 5.69 Å². The molecule has 2 heterocycles. The van der Waals surface area contributed by atoms with E-state index in [1.54, 1.807) is 13.2 Å². The van der Waals surface area contributed by atoms with Crippen LogP contribution in [0.2, 0.25) is 5.02 Å². The molecule has 4 rings (SSSR count). The maximum absolute atomic E-state index is 13.4. The van der Waals surface area contributed by atoms with Crippen LogP contribution < -0.4 is 20.2 Å². The maximum atomic E-state index is 13.4. The summed E-state index contributed by atoms with van der Waals surface area (Å²) in [5.74, 6) is 2.01. The molecule has 8 nitrogen and oxygen atoms in total. The standard InChI is InChI=1S/C23H26ClN5O3S/c1-4-6-19-26-27-23-29(19)28-20(14-7-12-18(31-3)17(24)13-14)21(33-23)22(30)25-15-8-10-16(11-9-15)32-5-2/h7-13,20-21,28H,4-6H2,1-3H3,(H,25,30). The van der Waals surface area contributed by atoms with E-state index < -0.39 is 5.25 Å². The minimum Gasteiger partial charge on any atom is -0.495 e. The number of carbonyl (C=O) groups is 1. The molecular weight excluding hydrogens is 462 g/mol. The number of ether oxygens (including phenoxy) is 2. The molecule has 0 spiro atoms. The van der Waals surface area contributed by atoms with Crippen molar-refractivity contribution in [3.8, 4) is 11.5 Å². The molecule has 0 saturated heterocycles. The minimum absolute atomic E-state index is 0.153. The molecule has 174 valence electrons. The van der Waals surface area contributed by atoms with Crippen molar-refractivity contribution in [3.05, 3.63) is 58.9 Å². The van der Waals surface area contributed by atoms with E-state index in [1.807, 2.05) is 48.0 Å². The molecule has 0 aliphatic carbocycles. The number of amides is 1. The number of anilines is 1. The molecule has 2 N–H and O–H groups in total. The van der Waals surface area contributed by atoms with Gasteiger partial charge < -0.3 is 20.2 Å². The largest absolute Gasteiger partial charge is 0.495 e. The zero-order chi connectivity index (χ0) is 23.4. The summed E-state index contributed by atoms with van der Waals surface area (Å²) < 4.78 is 12.6. The highest BCUT2D eigenvalue weighted by atomic mass is 35.5. The zero-order valence-electron chi connectivity index (χ0n) is 18.7. The molecular formula is C23H26ClN5O3S. The molecule has 3 aromatic rings. The van der Waals surface area contributed by atoms with Crippen LogP contribution in [0, 0.1) is 0 Å². The molecule has 1 aliphatic rings. The van der Waals surface area contributed by atoms with Gasteiger partial charge in [-0.1, -0.05) is 36.4 Å². The molecule has 2 unspecified atom stereocenters. The Hall–Kier alpha value is -2.91. The van der Waals surface area contributed by atoms with Crippen LogP contribution in [0.3, 0.4) is 0 Å². The Morgan fingerprint density at radius 3 is 2.67 bits per heavy atom. The Bertz CT molecular complexity index is 1120. The monoisotopic (exact) mass is 487 g/mol. The highest BCUT2D eigenvalue weighted by Gasteiger charge is 2.38. The molecule has 0 bridgehead atoms. The molecule has 10 heteroatoms. The number of hydrogen-bond acceptors (Lipinski definition) is 7. The number of halogens is 1. The van der Waals surface area contributed by atoms with Crippen molar-refractivity contribution in [2.24, 2.45) is 0 Å². The van der Waals surface area contributed by atoms with E-state index in [4.69, 9.17) is 21.1 Å². The Morgan fingerprint density at radius 2 is 2.00 bits per heavy atom. The van der Waals surface area contributed by atoms with Crippen molar-refractivity contribution in [2.75, 3.05) is 24.5 Å². The number of aromatic nitrogens is 3. The number of hydrogen-bond donors (Lipinski definition) is 2. The van der Waals surface area contributed by atoms with Crippen LogP contribution >= 0.6 is 23.4 Å². The molecule has 1 amide bonds. The summed E-state index contributed by atoms with van der Waals surface area (Å²) in [7, 11) is 1.57. The van der Waals surface area contributed by atoms with Gasteiger partial charge in [0.05, 0.1) is 24.8 Å². The number of thioether (sulfide) groups is 1. The Kier molecular flexibility index (Phi) is 7.29. The molecule has 1 aliphatic heterocycles. The fourth-order valence-electron chi connectivity index (χ4n) is 3.62. The van der Waals surface area contributed by atoms with Crippen molar-refractivity contribution >= 4 is 35.0 Å².